The van der Waals surface area contributed by atoms with Crippen LogP contribution in [0, 0.1) is 0 Å². The molecule has 0 amide bonds. The molecule has 1 heterocycles. The molecule has 2 rings (SSSR count). The normalized spacial score (nSPS) is 10.6. The number of carbonyl (C=O) groups is 1. The Bertz CT molecular complexity index is 1180. The Morgan fingerprint density at radius 3 is 1.91 bits per heavy atom. The molecule has 0 aliphatic carbocycles. The molecule has 0 saturated carbocycles. The molecule has 0 atom stereocenters. The van der Waals surface area contributed by atoms with Gasteiger partial charge in [-0.3, -0.25) is 0 Å². The fourth-order valence-electron chi connectivity index (χ4n) is 2.83. The summed E-state index contributed by atoms with van der Waals surface area (Å²) in [5.74, 6) is -0.368. The molecule has 0 aliphatic heterocycles. The highest BCUT2D eigenvalue weighted by Crippen LogP contribution is 2.07. The summed E-state index contributed by atoms with van der Waals surface area (Å²) in [6.07, 6.45) is 2.39. The van der Waals surface area contributed by atoms with Crippen LogP contribution in [0.25, 0.3) is 0 Å². The molecule has 188 valence electrons. The Labute approximate surface area is 199 Å². The van der Waals surface area contributed by atoms with E-state index in [1.165, 1.54) is 30.3 Å². The van der Waals surface area contributed by atoms with Crippen molar-refractivity contribution in [2.24, 2.45) is 0 Å². The van der Waals surface area contributed by atoms with E-state index in [9.17, 15) is 19.2 Å². The van der Waals surface area contributed by atoms with Gasteiger partial charge < -0.3 is 19.5 Å². The minimum absolute atomic E-state index is 0.100. The minimum atomic E-state index is -1.63. The summed E-state index contributed by atoms with van der Waals surface area (Å²) in [5, 5.41) is 18.3. The molecule has 0 spiro atoms. The van der Waals surface area contributed by atoms with Gasteiger partial charge in [-0.15, -0.1) is 6.58 Å². The van der Waals surface area contributed by atoms with Crippen molar-refractivity contribution in [2.75, 3.05) is 26.4 Å². The Morgan fingerprint density at radius 1 is 0.857 bits per heavy atom. The van der Waals surface area contributed by atoms with Gasteiger partial charge in [0.05, 0.1) is 19.6 Å². The predicted molar refractivity (Wildman–Crippen MR) is 124 cm³/mol. The summed E-state index contributed by atoms with van der Waals surface area (Å²) in [6.45, 7) is 5.54. The zero-order valence-electron chi connectivity index (χ0n) is 18.9. The van der Waals surface area contributed by atoms with E-state index >= 15 is 0 Å². The molecule has 1 aromatic carbocycles. The Hall–Kier alpha value is -3.72. The maximum Gasteiger partial charge on any atom is 0.488 e. The monoisotopic (exact) mass is 491 g/mol. The van der Waals surface area contributed by atoms with E-state index in [1.807, 2.05) is 0 Å². The van der Waals surface area contributed by atoms with Crippen LogP contribution in [-0.4, -0.2) is 63.3 Å². The number of ether oxygens (including phenoxy) is 2. The number of rotatable bonds is 15. The average Bonchev–Trinajstić information content (AvgIpc) is 2.85. The lowest BCUT2D eigenvalue weighted by atomic mass is 9.80. The standard InChI is InChI=1S/C21H26BN3O10/c1-3-12-34-35-15-11-25-20(28)23(9-13-32-17-7-5-16(6-8-17)22(30)31)19(27)24(21(25)29)10-14-33-18(26)4-2/h3-8,30-31H,1-2,9-15H2. The van der Waals surface area contributed by atoms with Gasteiger partial charge in [0.15, 0.2) is 0 Å². The summed E-state index contributed by atoms with van der Waals surface area (Å²) in [6, 6.07) is 5.87. The molecule has 0 saturated heterocycles. The first kappa shape index (κ1) is 27.5. The highest BCUT2D eigenvalue weighted by molar-refractivity contribution is 6.58. The third-order valence-corrected chi connectivity index (χ3v) is 4.54. The van der Waals surface area contributed by atoms with Crippen LogP contribution in [0.15, 0.2) is 64.0 Å². The van der Waals surface area contributed by atoms with Crippen LogP contribution in [0.4, 0.5) is 0 Å². The lowest BCUT2D eigenvalue weighted by molar-refractivity contribution is -0.287. The number of hydrogen-bond donors (Lipinski definition) is 2. The fourth-order valence-corrected chi connectivity index (χ4v) is 2.83. The van der Waals surface area contributed by atoms with E-state index in [0.717, 1.165) is 19.8 Å². The van der Waals surface area contributed by atoms with E-state index in [-0.39, 0.29) is 51.5 Å². The number of hydrogen-bond acceptors (Lipinski definition) is 10. The quantitative estimate of drug-likeness (QED) is 0.0532. The van der Waals surface area contributed by atoms with Crippen molar-refractivity contribution in [1.82, 2.24) is 13.7 Å². The topological polar surface area (TPSA) is 160 Å². The van der Waals surface area contributed by atoms with E-state index in [1.54, 1.807) is 0 Å². The second kappa shape index (κ2) is 13.9. The van der Waals surface area contributed by atoms with Crippen molar-refractivity contribution in [3.8, 4) is 5.75 Å². The highest BCUT2D eigenvalue weighted by atomic mass is 17.2. The number of benzene rings is 1. The lowest BCUT2D eigenvalue weighted by Crippen LogP contribution is -2.55. The second-order valence-electron chi connectivity index (χ2n) is 6.86. The maximum absolute atomic E-state index is 12.9. The number of carbonyl (C=O) groups excluding carboxylic acids is 1. The third-order valence-electron chi connectivity index (χ3n) is 4.54. The summed E-state index contributed by atoms with van der Waals surface area (Å²) in [4.78, 5) is 59.4. The van der Waals surface area contributed by atoms with E-state index < -0.39 is 30.2 Å². The van der Waals surface area contributed by atoms with Gasteiger partial charge in [0.2, 0.25) is 0 Å². The molecule has 0 fully saturated rings. The summed E-state index contributed by atoms with van der Waals surface area (Å²) < 4.78 is 12.7. The van der Waals surface area contributed by atoms with Crippen molar-refractivity contribution >= 4 is 18.6 Å². The Kier molecular flexibility index (Phi) is 10.9. The summed E-state index contributed by atoms with van der Waals surface area (Å²) in [5.41, 5.74) is -2.43. The molecule has 2 aromatic rings. The van der Waals surface area contributed by atoms with Crippen molar-refractivity contribution in [3.05, 3.63) is 81.0 Å². The first-order valence-electron chi connectivity index (χ1n) is 10.5. The maximum atomic E-state index is 12.9. The number of nitrogens with zero attached hydrogens (tertiary/aromatic N) is 3. The van der Waals surface area contributed by atoms with E-state index in [2.05, 4.69) is 13.2 Å². The van der Waals surface area contributed by atoms with E-state index in [0.29, 0.717) is 5.75 Å². The Morgan fingerprint density at radius 2 is 1.40 bits per heavy atom. The van der Waals surface area contributed by atoms with Gasteiger partial charge in [-0.1, -0.05) is 24.8 Å². The van der Waals surface area contributed by atoms with E-state index in [4.69, 9.17) is 29.3 Å². The third kappa shape index (κ3) is 7.93. The van der Waals surface area contributed by atoms with Crippen LogP contribution < -0.4 is 27.3 Å². The molecule has 0 bridgehead atoms. The molecule has 0 unspecified atom stereocenters. The predicted octanol–water partition coefficient (Wildman–Crippen LogP) is -2.21. The SMILES string of the molecule is C=CCOOCCn1c(=O)n(CCOC(=O)C=C)c(=O)n(CCOc2ccc(B(O)O)cc2)c1=O. The van der Waals surface area contributed by atoms with Crippen LogP contribution in [0.3, 0.4) is 0 Å². The summed E-state index contributed by atoms with van der Waals surface area (Å²) >= 11 is 0. The highest BCUT2D eigenvalue weighted by Gasteiger charge is 2.16. The van der Waals surface area contributed by atoms with Gasteiger partial charge in [0.1, 0.15) is 32.2 Å². The van der Waals surface area contributed by atoms with Crippen molar-refractivity contribution < 1.29 is 34.1 Å². The molecule has 2 N–H and O–H groups in total. The van der Waals surface area contributed by atoms with Gasteiger partial charge >= 0.3 is 30.2 Å². The number of esters is 1. The van der Waals surface area contributed by atoms with Gasteiger partial charge in [-0.25, -0.2) is 42.7 Å². The molecular weight excluding hydrogens is 465 g/mol. The van der Waals surface area contributed by atoms with Crippen molar-refractivity contribution in [2.45, 2.75) is 19.6 Å². The van der Waals surface area contributed by atoms with Crippen LogP contribution >= 0.6 is 0 Å². The first-order valence-corrected chi connectivity index (χ1v) is 10.5. The van der Waals surface area contributed by atoms with Crippen LogP contribution in [0.5, 0.6) is 5.75 Å². The molecule has 1 aromatic heterocycles. The lowest BCUT2D eigenvalue weighted by Gasteiger charge is -2.14. The molecule has 13 nitrogen and oxygen atoms in total. The van der Waals surface area contributed by atoms with Gasteiger partial charge in [0.25, 0.3) is 0 Å². The van der Waals surface area contributed by atoms with Gasteiger partial charge in [-0.05, 0) is 17.6 Å². The van der Waals surface area contributed by atoms with Gasteiger partial charge in [0, 0.05) is 6.08 Å². The molecule has 35 heavy (non-hydrogen) atoms. The second-order valence-corrected chi connectivity index (χ2v) is 6.86. The Balaban J connectivity index is 2.23. The zero-order valence-corrected chi connectivity index (χ0v) is 18.9. The molecular formula is C21H26BN3O10. The largest absolute Gasteiger partial charge is 0.492 e. The fraction of sp³-hybridized carbons (Fsp3) is 0.333. The molecule has 0 aliphatic rings. The summed E-state index contributed by atoms with van der Waals surface area (Å²) in [7, 11) is -1.63. The number of aromatic nitrogens is 3. The smallest absolute Gasteiger partial charge is 0.488 e. The molecule has 0 radical (unpaired) electrons. The van der Waals surface area contributed by atoms with Gasteiger partial charge in [-0.2, -0.15) is 0 Å². The van der Waals surface area contributed by atoms with Crippen LogP contribution in [0.1, 0.15) is 0 Å². The van der Waals surface area contributed by atoms with Crippen molar-refractivity contribution in [1.29, 1.82) is 0 Å². The molecule has 14 heteroatoms. The van der Waals surface area contributed by atoms with Crippen LogP contribution in [0.2, 0.25) is 0 Å². The van der Waals surface area contributed by atoms with Crippen molar-refractivity contribution in [3.63, 3.8) is 0 Å². The van der Waals surface area contributed by atoms with Crippen LogP contribution in [-0.2, 0) is 38.9 Å². The zero-order chi connectivity index (χ0) is 25.8. The minimum Gasteiger partial charge on any atom is -0.492 e. The average molecular weight is 491 g/mol. The first-order chi connectivity index (χ1) is 16.8.